The van der Waals surface area contributed by atoms with Gasteiger partial charge in [-0.15, -0.1) is 0 Å². The number of allylic oxidation sites excluding steroid dienone is 4. The first-order valence-electron chi connectivity index (χ1n) is 20.5. The van der Waals surface area contributed by atoms with Gasteiger partial charge in [-0.2, -0.15) is 0 Å². The van der Waals surface area contributed by atoms with Gasteiger partial charge < -0.3 is 9.80 Å². The fraction of sp³-hybridized carbons (Fsp3) is 0.278. The van der Waals surface area contributed by atoms with Crippen LogP contribution in [0.5, 0.6) is 0 Å². The van der Waals surface area contributed by atoms with Gasteiger partial charge in [0, 0.05) is 40.5 Å². The number of carbonyl (C=O) groups excluding carboxylic acids is 1. The van der Waals surface area contributed by atoms with Crippen LogP contribution in [0.2, 0.25) is 0 Å². The predicted molar refractivity (Wildman–Crippen MR) is 249 cm³/mol. The minimum absolute atomic E-state index is 0.0169. The number of amides is 1. The average Bonchev–Trinajstić information content (AvgIpc) is 3.18. The molecule has 5 aromatic rings. The Morgan fingerprint density at radius 3 is 1.70 bits per heavy atom. The topological polar surface area (TPSA) is 23.6 Å². The van der Waals surface area contributed by atoms with E-state index < -0.39 is 0 Å². The summed E-state index contributed by atoms with van der Waals surface area (Å²) >= 11 is 0. The van der Waals surface area contributed by atoms with Crippen molar-refractivity contribution in [3.05, 3.63) is 184 Å². The van der Waals surface area contributed by atoms with Crippen LogP contribution in [0, 0.1) is 13.8 Å². The van der Waals surface area contributed by atoms with Gasteiger partial charge in [-0.05, 0) is 99.1 Å². The summed E-state index contributed by atoms with van der Waals surface area (Å²) in [5.74, 6) is 1.17. The van der Waals surface area contributed by atoms with Crippen LogP contribution in [0.3, 0.4) is 0 Å². The Hall–Kier alpha value is -5.67. The molecule has 0 bridgehead atoms. The van der Waals surface area contributed by atoms with E-state index in [4.69, 9.17) is 13.2 Å². The number of para-hydroxylation sites is 2. The summed E-state index contributed by atoms with van der Waals surface area (Å²) in [6.07, 6.45) is 7.95. The third kappa shape index (κ3) is 7.25. The van der Waals surface area contributed by atoms with Crippen LogP contribution in [0.25, 0.3) is 27.7 Å². The second-order valence-electron chi connectivity index (χ2n) is 16.8. The van der Waals surface area contributed by atoms with Gasteiger partial charge in [0.25, 0.3) is 5.91 Å². The van der Waals surface area contributed by atoms with Gasteiger partial charge in [-0.25, -0.2) is 0 Å². The summed E-state index contributed by atoms with van der Waals surface area (Å²) in [4.78, 5) is 18.9. The van der Waals surface area contributed by atoms with Crippen molar-refractivity contribution >= 4 is 45.0 Å². The summed E-state index contributed by atoms with van der Waals surface area (Å²) in [6.45, 7) is 35.5. The largest absolute Gasteiger partial charge is 0.311 e. The highest BCUT2D eigenvalue weighted by atomic mass is 16.2. The van der Waals surface area contributed by atoms with E-state index in [0.717, 1.165) is 66.8 Å². The van der Waals surface area contributed by atoms with E-state index in [1.807, 2.05) is 30.2 Å². The average molecular weight is 753 g/mol. The Bertz CT molecular complexity index is 2410. The maximum atomic E-state index is 14.8. The van der Waals surface area contributed by atoms with E-state index in [-0.39, 0.29) is 17.7 Å². The Morgan fingerprint density at radius 2 is 1.16 bits per heavy atom. The maximum absolute atomic E-state index is 14.8. The monoisotopic (exact) mass is 752 g/mol. The smallest absolute Gasteiger partial charge is 0.258 e. The second kappa shape index (κ2) is 16.4. The lowest BCUT2D eigenvalue weighted by atomic mass is 9.82. The zero-order valence-electron chi connectivity index (χ0n) is 36.0. The van der Waals surface area contributed by atoms with E-state index in [0.29, 0.717) is 17.4 Å². The number of rotatable bonds is 11. The molecule has 0 aliphatic carbocycles. The van der Waals surface area contributed by atoms with Gasteiger partial charge in [-0.3, -0.25) is 4.79 Å². The number of carbonyl (C=O) groups is 1. The fourth-order valence-electron chi connectivity index (χ4n) is 8.78. The van der Waals surface area contributed by atoms with Crippen LogP contribution >= 0.6 is 0 Å². The van der Waals surface area contributed by atoms with E-state index >= 15 is 0 Å². The van der Waals surface area contributed by atoms with Crippen LogP contribution in [-0.4, -0.2) is 13.0 Å². The number of aryl methyl sites for hydroxylation is 1. The van der Waals surface area contributed by atoms with E-state index in [9.17, 15) is 4.79 Å². The van der Waals surface area contributed by atoms with Crippen LogP contribution in [0.15, 0.2) is 123 Å². The highest BCUT2D eigenvalue weighted by Crippen LogP contribution is 2.49. The van der Waals surface area contributed by atoms with Gasteiger partial charge in [0.05, 0.1) is 11.4 Å². The van der Waals surface area contributed by atoms with E-state index in [2.05, 4.69) is 160 Å². The van der Waals surface area contributed by atoms with Gasteiger partial charge in [-0.1, -0.05) is 172 Å². The van der Waals surface area contributed by atoms with Crippen LogP contribution in [0.4, 0.5) is 11.4 Å². The Labute approximate surface area is 342 Å². The first-order valence-corrected chi connectivity index (χ1v) is 20.5. The zero-order chi connectivity index (χ0) is 41.5. The van der Waals surface area contributed by atoms with Gasteiger partial charge in [0.15, 0.2) is 0 Å². The standard InChI is InChI=1S/C54H60N2O/c1-15-16-17-21-48(50-36(10)28-29-44(37(50)11)54(57)55(14)52-40(32(2)3)22-18-23-41(52)33(4)5)47-31-30-46-39(13)56(38(12)45-26-20-27-49(47)51(45)46)53-42(34(6)7)24-19-25-43(53)35(8)9/h15-35H,1,12-13H2,2-11,14H3/b17-16+,48-21-. The Morgan fingerprint density at radius 1 is 0.649 bits per heavy atom. The molecule has 6 rings (SSSR count). The molecule has 0 spiro atoms. The second-order valence-corrected chi connectivity index (χ2v) is 16.8. The molecule has 0 N–H and O–H groups in total. The molecule has 0 saturated carbocycles. The van der Waals surface area contributed by atoms with Crippen molar-refractivity contribution in [3.8, 4) is 0 Å². The van der Waals surface area contributed by atoms with Crippen molar-refractivity contribution in [1.82, 2.24) is 0 Å². The summed E-state index contributed by atoms with van der Waals surface area (Å²) in [5.41, 5.74) is 17.1. The number of benzene rings is 5. The highest BCUT2D eigenvalue weighted by molar-refractivity contribution is 6.16. The molecule has 1 aliphatic heterocycles. The normalized spacial score (nSPS) is 13.3. The molecule has 1 amide bonds. The van der Waals surface area contributed by atoms with Gasteiger partial charge >= 0.3 is 0 Å². The molecule has 5 aromatic carbocycles. The molecule has 3 nitrogen and oxygen atoms in total. The number of anilines is 2. The summed E-state index contributed by atoms with van der Waals surface area (Å²) < 4.78 is 0. The molecular formula is C54H60N2O. The molecule has 0 unspecified atom stereocenters. The van der Waals surface area contributed by atoms with Crippen molar-refractivity contribution in [1.29, 1.82) is 0 Å². The Balaban J connectivity index is 1.54. The number of nitrogens with zero attached hydrogens (tertiary/aromatic N) is 2. The Kier molecular flexibility index (Phi) is 11.8. The number of hydrogen-bond donors (Lipinski definition) is 0. The van der Waals surface area contributed by atoms with Crippen molar-refractivity contribution in [2.75, 3.05) is 16.8 Å². The molecule has 0 atom stereocenters. The molecule has 0 saturated heterocycles. The fourth-order valence-corrected chi connectivity index (χ4v) is 8.78. The lowest BCUT2D eigenvalue weighted by Crippen LogP contribution is -2.29. The molecule has 3 heteroatoms. The first kappa shape index (κ1) is 41.0. The minimum atomic E-state index is -0.0169. The van der Waals surface area contributed by atoms with Gasteiger partial charge in [0.2, 0.25) is 0 Å². The molecule has 1 aliphatic rings. The highest BCUT2D eigenvalue weighted by Gasteiger charge is 2.32. The first-order chi connectivity index (χ1) is 27.1. The van der Waals surface area contributed by atoms with E-state index in [1.165, 1.54) is 27.9 Å². The van der Waals surface area contributed by atoms with Crippen LogP contribution in [-0.2, 0) is 0 Å². The molecule has 0 radical (unpaired) electrons. The summed E-state index contributed by atoms with van der Waals surface area (Å²) in [5, 5.41) is 2.26. The maximum Gasteiger partial charge on any atom is 0.258 e. The van der Waals surface area contributed by atoms with Crippen molar-refractivity contribution < 1.29 is 4.79 Å². The summed E-state index contributed by atoms with van der Waals surface area (Å²) in [7, 11) is 1.93. The quantitative estimate of drug-likeness (QED) is 0.125. The van der Waals surface area contributed by atoms with Crippen molar-refractivity contribution in [2.45, 2.75) is 92.9 Å². The molecule has 0 fully saturated rings. The van der Waals surface area contributed by atoms with Crippen LogP contribution < -0.4 is 9.80 Å². The lowest BCUT2D eigenvalue weighted by molar-refractivity contribution is 0.0992. The number of hydrogen-bond acceptors (Lipinski definition) is 2. The molecular weight excluding hydrogens is 693 g/mol. The van der Waals surface area contributed by atoms with Crippen molar-refractivity contribution in [3.63, 3.8) is 0 Å². The summed E-state index contributed by atoms with van der Waals surface area (Å²) in [6, 6.07) is 28.2. The molecule has 292 valence electrons. The predicted octanol–water partition coefficient (Wildman–Crippen LogP) is 14.9. The van der Waals surface area contributed by atoms with Gasteiger partial charge in [0.1, 0.15) is 0 Å². The van der Waals surface area contributed by atoms with Crippen molar-refractivity contribution in [2.24, 2.45) is 0 Å². The molecule has 57 heavy (non-hydrogen) atoms. The zero-order valence-corrected chi connectivity index (χ0v) is 36.0. The third-order valence-electron chi connectivity index (χ3n) is 11.7. The van der Waals surface area contributed by atoms with E-state index in [1.54, 1.807) is 6.08 Å². The third-order valence-corrected chi connectivity index (χ3v) is 11.7. The molecule has 1 heterocycles. The minimum Gasteiger partial charge on any atom is -0.311 e. The molecule has 0 aromatic heterocycles. The lowest BCUT2D eigenvalue weighted by Gasteiger charge is -2.38. The van der Waals surface area contributed by atoms with Crippen LogP contribution in [0.1, 0.15) is 145 Å². The SMILES string of the molecule is C=C/C=C/C=C(\c1c(C)ccc(C(=O)N(C)c2c(C(C)C)cccc2C(C)C)c1C)c1ccc2c3c(cccc13)C(=C)N(c1c(C(C)C)cccc1C(C)C)C2=C.